The average Bonchev–Trinajstić information content (AvgIpc) is 2.18. The van der Waals surface area contributed by atoms with Crippen molar-refractivity contribution in [3.63, 3.8) is 0 Å². The minimum Gasteiger partial charge on any atom is -0.507 e. The van der Waals surface area contributed by atoms with Gasteiger partial charge in [0.2, 0.25) is 0 Å². The van der Waals surface area contributed by atoms with Gasteiger partial charge in [-0.05, 0) is 18.5 Å². The van der Waals surface area contributed by atoms with Crippen LogP contribution in [0.3, 0.4) is 0 Å². The lowest BCUT2D eigenvalue weighted by Crippen LogP contribution is -2.02. The van der Waals surface area contributed by atoms with Gasteiger partial charge < -0.3 is 10.4 Å². The minimum atomic E-state index is 0.398. The van der Waals surface area contributed by atoms with E-state index in [-0.39, 0.29) is 0 Å². The maximum atomic E-state index is 9.05. The average molecular weight is 143 g/mol. The van der Waals surface area contributed by atoms with E-state index in [1.54, 1.807) is 17.4 Å². The number of aromatic hydroxyl groups is 1. The smallest absolute Gasteiger partial charge is 0.130 e. The van der Waals surface area contributed by atoms with Gasteiger partial charge in [-0.25, -0.2) is 0 Å². The van der Waals surface area contributed by atoms with E-state index in [4.69, 9.17) is 5.11 Å². The molecule has 50 valence electrons. The van der Waals surface area contributed by atoms with E-state index in [1.807, 2.05) is 12.4 Å². The first-order valence-electron chi connectivity index (χ1n) is 2.74. The summed E-state index contributed by atoms with van der Waals surface area (Å²) in [6, 6.07) is 1.71. The molecule has 0 aliphatic carbocycles. The zero-order valence-electron chi connectivity index (χ0n) is 5.22. The molecule has 3 heteroatoms. The highest BCUT2D eigenvalue weighted by Crippen LogP contribution is 2.21. The molecule has 1 aromatic rings. The third-order valence-electron chi connectivity index (χ3n) is 1.06. The van der Waals surface area contributed by atoms with Crippen LogP contribution in [-0.4, -0.2) is 12.2 Å². The van der Waals surface area contributed by atoms with E-state index in [9.17, 15) is 0 Å². The molecule has 0 radical (unpaired) electrons. The molecular weight excluding hydrogens is 134 g/mol. The van der Waals surface area contributed by atoms with E-state index in [1.165, 1.54) is 0 Å². The predicted molar refractivity (Wildman–Crippen MR) is 38.7 cm³/mol. The maximum absolute atomic E-state index is 9.05. The van der Waals surface area contributed by atoms with Crippen LogP contribution in [0.15, 0.2) is 11.4 Å². The van der Waals surface area contributed by atoms with Gasteiger partial charge in [-0.3, -0.25) is 0 Å². The highest BCUT2D eigenvalue weighted by Gasteiger charge is 1.97. The van der Waals surface area contributed by atoms with Gasteiger partial charge in [-0.2, -0.15) is 0 Å². The van der Waals surface area contributed by atoms with Crippen molar-refractivity contribution < 1.29 is 5.11 Å². The summed E-state index contributed by atoms with van der Waals surface area (Å²) in [4.78, 5) is 0.998. The molecule has 0 amide bonds. The van der Waals surface area contributed by atoms with Gasteiger partial charge in [0.05, 0.1) is 4.88 Å². The van der Waals surface area contributed by atoms with E-state index >= 15 is 0 Å². The summed E-state index contributed by atoms with van der Waals surface area (Å²) < 4.78 is 0. The molecule has 0 bridgehead atoms. The second kappa shape index (κ2) is 2.85. The van der Waals surface area contributed by atoms with Crippen LogP contribution < -0.4 is 5.32 Å². The van der Waals surface area contributed by atoms with Crippen LogP contribution in [0.5, 0.6) is 5.75 Å². The fourth-order valence-corrected chi connectivity index (χ4v) is 1.40. The maximum Gasteiger partial charge on any atom is 0.130 e. The number of rotatable bonds is 2. The first-order valence-corrected chi connectivity index (χ1v) is 3.62. The Morgan fingerprint density at radius 1 is 1.78 bits per heavy atom. The lowest BCUT2D eigenvalue weighted by atomic mass is 10.4. The SMILES string of the molecule is CNCc1sccc1O. The Morgan fingerprint density at radius 3 is 3.00 bits per heavy atom. The molecule has 9 heavy (non-hydrogen) atoms. The van der Waals surface area contributed by atoms with Crippen LogP contribution in [0.2, 0.25) is 0 Å². The van der Waals surface area contributed by atoms with Crippen LogP contribution >= 0.6 is 11.3 Å². The van der Waals surface area contributed by atoms with Crippen molar-refractivity contribution in [2.75, 3.05) is 7.05 Å². The molecule has 0 spiro atoms. The van der Waals surface area contributed by atoms with E-state index < -0.39 is 0 Å². The lowest BCUT2D eigenvalue weighted by Gasteiger charge is -1.93. The Balaban J connectivity index is 2.69. The van der Waals surface area contributed by atoms with E-state index in [0.717, 1.165) is 11.4 Å². The first-order chi connectivity index (χ1) is 4.34. The Hall–Kier alpha value is -0.540. The lowest BCUT2D eigenvalue weighted by molar-refractivity contribution is 0.470. The van der Waals surface area contributed by atoms with Gasteiger partial charge in [0.25, 0.3) is 0 Å². The minimum absolute atomic E-state index is 0.398. The molecular formula is C6H9NOS. The third-order valence-corrected chi connectivity index (χ3v) is 1.97. The van der Waals surface area contributed by atoms with E-state index in [2.05, 4.69) is 5.32 Å². The normalized spacial score (nSPS) is 9.89. The van der Waals surface area contributed by atoms with Crippen molar-refractivity contribution >= 4 is 11.3 Å². The zero-order chi connectivity index (χ0) is 6.69. The number of hydrogen-bond acceptors (Lipinski definition) is 3. The van der Waals surface area contributed by atoms with Crippen LogP contribution in [0, 0.1) is 0 Å². The number of nitrogens with one attached hydrogen (secondary N) is 1. The fourth-order valence-electron chi connectivity index (χ4n) is 0.627. The Kier molecular flexibility index (Phi) is 2.08. The summed E-state index contributed by atoms with van der Waals surface area (Å²) in [7, 11) is 1.86. The third kappa shape index (κ3) is 1.43. The van der Waals surface area contributed by atoms with Crippen molar-refractivity contribution in [2.45, 2.75) is 6.54 Å². The predicted octanol–water partition coefficient (Wildman–Crippen LogP) is 1.17. The second-order valence-electron chi connectivity index (χ2n) is 1.76. The van der Waals surface area contributed by atoms with Gasteiger partial charge in [0.1, 0.15) is 5.75 Å². The first kappa shape index (κ1) is 6.58. The molecule has 2 nitrogen and oxygen atoms in total. The molecule has 0 fully saturated rings. The Labute approximate surface area is 58.1 Å². The summed E-state index contributed by atoms with van der Waals surface area (Å²) in [5.74, 6) is 0.398. The van der Waals surface area contributed by atoms with Crippen molar-refractivity contribution in [2.24, 2.45) is 0 Å². The monoisotopic (exact) mass is 143 g/mol. The molecule has 0 aliphatic rings. The van der Waals surface area contributed by atoms with E-state index in [0.29, 0.717) is 5.75 Å². The molecule has 1 rings (SSSR count). The molecule has 0 saturated carbocycles. The largest absolute Gasteiger partial charge is 0.507 e. The summed E-state index contributed by atoms with van der Waals surface area (Å²) >= 11 is 1.56. The summed E-state index contributed by atoms with van der Waals surface area (Å²) in [6.45, 7) is 0.753. The quantitative estimate of drug-likeness (QED) is 0.651. The highest BCUT2D eigenvalue weighted by atomic mass is 32.1. The zero-order valence-corrected chi connectivity index (χ0v) is 6.03. The second-order valence-corrected chi connectivity index (χ2v) is 2.76. The van der Waals surface area contributed by atoms with Crippen LogP contribution in [0.1, 0.15) is 4.88 Å². The highest BCUT2D eigenvalue weighted by molar-refractivity contribution is 7.10. The molecule has 0 aliphatic heterocycles. The van der Waals surface area contributed by atoms with Gasteiger partial charge in [0.15, 0.2) is 0 Å². The van der Waals surface area contributed by atoms with Gasteiger partial charge >= 0.3 is 0 Å². The van der Waals surface area contributed by atoms with Crippen molar-refractivity contribution in [1.82, 2.24) is 5.32 Å². The summed E-state index contributed by atoms with van der Waals surface area (Å²) in [5, 5.41) is 13.9. The van der Waals surface area contributed by atoms with Gasteiger partial charge in [-0.1, -0.05) is 0 Å². The Morgan fingerprint density at radius 2 is 2.56 bits per heavy atom. The van der Waals surface area contributed by atoms with Crippen LogP contribution in [0.25, 0.3) is 0 Å². The molecule has 0 unspecified atom stereocenters. The standard InChI is InChI=1S/C6H9NOS/c1-7-4-6-5(8)2-3-9-6/h2-3,7-8H,4H2,1H3. The van der Waals surface area contributed by atoms with Crippen molar-refractivity contribution in [1.29, 1.82) is 0 Å². The van der Waals surface area contributed by atoms with Crippen LogP contribution in [0.4, 0.5) is 0 Å². The topological polar surface area (TPSA) is 32.3 Å². The molecule has 0 aromatic carbocycles. The number of hydrogen-bond donors (Lipinski definition) is 2. The molecule has 1 aromatic heterocycles. The molecule has 0 saturated heterocycles. The fraction of sp³-hybridized carbons (Fsp3) is 0.333. The van der Waals surface area contributed by atoms with Crippen LogP contribution in [-0.2, 0) is 6.54 Å². The van der Waals surface area contributed by atoms with Gasteiger partial charge in [-0.15, -0.1) is 11.3 Å². The van der Waals surface area contributed by atoms with Crippen molar-refractivity contribution in [3.05, 3.63) is 16.3 Å². The summed E-state index contributed by atoms with van der Waals surface area (Å²) in [5.41, 5.74) is 0. The van der Waals surface area contributed by atoms with Crippen molar-refractivity contribution in [3.8, 4) is 5.75 Å². The molecule has 2 N–H and O–H groups in total. The molecule has 1 heterocycles. The number of thiophene rings is 1. The Bertz CT molecular complexity index is 185. The van der Waals surface area contributed by atoms with Gasteiger partial charge in [0, 0.05) is 6.54 Å². The molecule has 0 atom stereocenters. The summed E-state index contributed by atoms with van der Waals surface area (Å²) in [6.07, 6.45) is 0.